The van der Waals surface area contributed by atoms with Crippen LogP contribution in [-0.2, 0) is 10.0 Å². The Bertz CT molecular complexity index is 1280. The molecule has 0 unspecified atom stereocenters. The number of halogens is 1. The highest BCUT2D eigenvalue weighted by Crippen LogP contribution is 2.31. The molecule has 2 N–H and O–H groups in total. The summed E-state index contributed by atoms with van der Waals surface area (Å²) in [5, 5.41) is 4.81. The van der Waals surface area contributed by atoms with Gasteiger partial charge in [0.15, 0.2) is 0 Å². The predicted octanol–water partition coefficient (Wildman–Crippen LogP) is 4.55. The monoisotopic (exact) mass is 517 g/mol. The van der Waals surface area contributed by atoms with E-state index in [1.807, 2.05) is 43.3 Å². The number of nitrogens with one attached hydrogen (secondary N) is 2. The molecular weight excluding hydrogens is 486 g/mol. The molecule has 8 nitrogen and oxygen atoms in total. The van der Waals surface area contributed by atoms with Crippen molar-refractivity contribution >= 4 is 44.3 Å². The number of hydrogen-bond acceptors (Lipinski definition) is 7. The van der Waals surface area contributed by atoms with Gasteiger partial charge in [-0.05, 0) is 67.9 Å². The molecule has 1 fully saturated rings. The van der Waals surface area contributed by atoms with Gasteiger partial charge in [-0.15, -0.1) is 0 Å². The van der Waals surface area contributed by atoms with Gasteiger partial charge in [-0.1, -0.05) is 23.7 Å². The summed E-state index contributed by atoms with van der Waals surface area (Å²) in [4.78, 5) is 11.5. The Balaban J connectivity index is 1.30. The Morgan fingerprint density at radius 1 is 1.03 bits per heavy atom. The standard InChI is InChI=1S/C25H32ClN5O3S/c1-31(2)24-20-6-4-5-7-21(20)29-25(30-24)27-15-17-8-10-18(11-9-17)16-28-35(32,33)23-14-19(26)12-13-22(23)34-3/h4-7,12-14,17-18,28H,8-11,15-16H2,1-3H3,(H,27,29,30). The highest BCUT2D eigenvalue weighted by molar-refractivity contribution is 7.89. The second-order valence-electron chi connectivity index (χ2n) is 9.20. The maximum Gasteiger partial charge on any atom is 0.244 e. The molecule has 0 radical (unpaired) electrons. The second kappa shape index (κ2) is 11.0. The first-order valence-corrected chi connectivity index (χ1v) is 13.6. The number of hydrogen-bond donors (Lipinski definition) is 2. The molecule has 2 aromatic carbocycles. The van der Waals surface area contributed by atoms with Gasteiger partial charge in [-0.2, -0.15) is 4.98 Å². The number of para-hydroxylation sites is 1. The van der Waals surface area contributed by atoms with Gasteiger partial charge in [0.05, 0.1) is 12.6 Å². The molecule has 0 amide bonds. The lowest BCUT2D eigenvalue weighted by atomic mass is 9.82. The van der Waals surface area contributed by atoms with Crippen molar-refractivity contribution in [3.05, 3.63) is 47.5 Å². The van der Waals surface area contributed by atoms with Crippen molar-refractivity contribution in [1.29, 1.82) is 0 Å². The van der Waals surface area contributed by atoms with E-state index in [9.17, 15) is 8.42 Å². The molecule has 1 saturated carbocycles. The van der Waals surface area contributed by atoms with E-state index in [2.05, 4.69) is 15.0 Å². The van der Waals surface area contributed by atoms with Crippen molar-refractivity contribution in [2.24, 2.45) is 11.8 Å². The maximum atomic E-state index is 12.8. The summed E-state index contributed by atoms with van der Waals surface area (Å²) in [5.74, 6) is 2.60. The van der Waals surface area contributed by atoms with Crippen LogP contribution in [0.15, 0.2) is 47.4 Å². The molecule has 1 aliphatic carbocycles. The first-order chi connectivity index (χ1) is 16.8. The van der Waals surface area contributed by atoms with Gasteiger partial charge in [0.2, 0.25) is 16.0 Å². The fourth-order valence-electron chi connectivity index (χ4n) is 4.52. The molecule has 3 aromatic rings. The largest absolute Gasteiger partial charge is 0.495 e. The van der Waals surface area contributed by atoms with Crippen LogP contribution in [0.4, 0.5) is 11.8 Å². The molecule has 1 aliphatic rings. The van der Waals surface area contributed by atoms with Crippen LogP contribution in [0.3, 0.4) is 0 Å². The first-order valence-electron chi connectivity index (χ1n) is 11.8. The molecule has 35 heavy (non-hydrogen) atoms. The van der Waals surface area contributed by atoms with Crippen molar-refractivity contribution in [2.75, 3.05) is 44.5 Å². The SMILES string of the molecule is COc1ccc(Cl)cc1S(=O)(=O)NCC1CCC(CNc2nc(N(C)C)c3ccccc3n2)CC1. The van der Waals surface area contributed by atoms with Gasteiger partial charge in [0.1, 0.15) is 16.5 Å². The summed E-state index contributed by atoms with van der Waals surface area (Å²) in [5.41, 5.74) is 0.918. The van der Waals surface area contributed by atoms with E-state index in [-0.39, 0.29) is 10.6 Å². The van der Waals surface area contributed by atoms with Crippen molar-refractivity contribution in [3.8, 4) is 5.75 Å². The Morgan fingerprint density at radius 3 is 2.40 bits per heavy atom. The van der Waals surface area contributed by atoms with Crippen LogP contribution in [0.5, 0.6) is 5.75 Å². The topological polar surface area (TPSA) is 96.5 Å². The average molecular weight is 518 g/mol. The third kappa shape index (κ3) is 6.15. The number of aromatic nitrogens is 2. The smallest absolute Gasteiger partial charge is 0.244 e. The zero-order chi connectivity index (χ0) is 25.0. The van der Waals surface area contributed by atoms with Gasteiger partial charge in [-0.25, -0.2) is 18.1 Å². The average Bonchev–Trinajstić information content (AvgIpc) is 2.86. The van der Waals surface area contributed by atoms with E-state index in [0.29, 0.717) is 29.4 Å². The number of anilines is 2. The van der Waals surface area contributed by atoms with Crippen molar-refractivity contribution in [3.63, 3.8) is 0 Å². The molecular formula is C25H32ClN5O3S. The summed E-state index contributed by atoms with van der Waals surface area (Å²) in [7, 11) is 1.71. The highest BCUT2D eigenvalue weighted by Gasteiger charge is 2.25. The predicted molar refractivity (Wildman–Crippen MR) is 141 cm³/mol. The zero-order valence-electron chi connectivity index (χ0n) is 20.3. The summed E-state index contributed by atoms with van der Waals surface area (Å²) in [6.07, 6.45) is 3.97. The van der Waals surface area contributed by atoms with Gasteiger partial charge >= 0.3 is 0 Å². The third-order valence-corrected chi connectivity index (χ3v) is 8.18. The van der Waals surface area contributed by atoms with Crippen LogP contribution in [0.2, 0.25) is 5.02 Å². The first kappa shape index (κ1) is 25.5. The van der Waals surface area contributed by atoms with E-state index >= 15 is 0 Å². The highest BCUT2D eigenvalue weighted by atomic mass is 35.5. The lowest BCUT2D eigenvalue weighted by Crippen LogP contribution is -2.32. The van der Waals surface area contributed by atoms with E-state index in [1.165, 1.54) is 13.2 Å². The second-order valence-corrected chi connectivity index (χ2v) is 11.4. The van der Waals surface area contributed by atoms with Crippen LogP contribution in [0.25, 0.3) is 10.9 Å². The Kier molecular flexibility index (Phi) is 7.98. The fraction of sp³-hybridized carbons (Fsp3) is 0.440. The molecule has 0 bridgehead atoms. The summed E-state index contributed by atoms with van der Waals surface area (Å²) < 4.78 is 33.6. The minimum absolute atomic E-state index is 0.0675. The van der Waals surface area contributed by atoms with Gasteiger partial charge in [0, 0.05) is 37.6 Å². The van der Waals surface area contributed by atoms with E-state index in [1.54, 1.807) is 12.1 Å². The van der Waals surface area contributed by atoms with Gasteiger partial charge < -0.3 is 15.0 Å². The quantitative estimate of drug-likeness (QED) is 0.429. The van der Waals surface area contributed by atoms with E-state index < -0.39 is 10.0 Å². The van der Waals surface area contributed by atoms with Crippen molar-refractivity contribution in [1.82, 2.24) is 14.7 Å². The Labute approximate surface area is 212 Å². The van der Waals surface area contributed by atoms with Crippen LogP contribution < -0.4 is 19.7 Å². The lowest BCUT2D eigenvalue weighted by molar-refractivity contribution is 0.284. The molecule has 188 valence electrons. The Hall–Kier alpha value is -2.62. The molecule has 1 heterocycles. The number of rotatable bonds is 9. The third-order valence-electron chi connectivity index (χ3n) is 6.50. The number of nitrogens with zero attached hydrogens (tertiary/aromatic N) is 3. The normalized spacial score (nSPS) is 18.4. The van der Waals surface area contributed by atoms with Crippen LogP contribution >= 0.6 is 11.6 Å². The fourth-order valence-corrected chi connectivity index (χ4v) is 6.07. The minimum atomic E-state index is -3.71. The number of methoxy groups -OCH3 is 1. The molecule has 10 heteroatoms. The molecule has 0 aliphatic heterocycles. The molecule has 0 saturated heterocycles. The van der Waals surface area contributed by atoms with Gasteiger partial charge in [0.25, 0.3) is 0 Å². The summed E-state index contributed by atoms with van der Waals surface area (Å²) in [6.45, 7) is 1.20. The zero-order valence-corrected chi connectivity index (χ0v) is 21.9. The van der Waals surface area contributed by atoms with E-state index in [4.69, 9.17) is 21.3 Å². The maximum absolute atomic E-state index is 12.8. The Morgan fingerprint density at radius 2 is 1.71 bits per heavy atom. The van der Waals surface area contributed by atoms with E-state index in [0.717, 1.165) is 48.9 Å². The number of fused-ring (bicyclic) bond motifs is 1. The molecule has 1 aromatic heterocycles. The van der Waals surface area contributed by atoms with Crippen LogP contribution in [0.1, 0.15) is 25.7 Å². The number of ether oxygens (including phenoxy) is 1. The summed E-state index contributed by atoms with van der Waals surface area (Å²) in [6, 6.07) is 12.6. The van der Waals surface area contributed by atoms with Crippen LogP contribution in [-0.4, -0.2) is 52.7 Å². The number of benzene rings is 2. The molecule has 4 rings (SSSR count). The van der Waals surface area contributed by atoms with Crippen molar-refractivity contribution < 1.29 is 13.2 Å². The minimum Gasteiger partial charge on any atom is -0.495 e. The number of sulfonamides is 1. The van der Waals surface area contributed by atoms with Gasteiger partial charge in [-0.3, -0.25) is 0 Å². The van der Waals surface area contributed by atoms with Crippen molar-refractivity contribution in [2.45, 2.75) is 30.6 Å². The molecule has 0 spiro atoms. The summed E-state index contributed by atoms with van der Waals surface area (Å²) >= 11 is 6.01. The molecule has 0 atom stereocenters. The van der Waals surface area contributed by atoms with Crippen LogP contribution in [0, 0.1) is 11.8 Å². The lowest BCUT2D eigenvalue weighted by Gasteiger charge is -2.29.